The van der Waals surface area contributed by atoms with E-state index in [1.165, 1.54) is 7.11 Å². The van der Waals surface area contributed by atoms with Crippen molar-refractivity contribution in [2.75, 3.05) is 14.2 Å². The Kier molecular flexibility index (Phi) is 5.16. The first-order chi connectivity index (χ1) is 8.49. The third-order valence-electron chi connectivity index (χ3n) is 2.99. The van der Waals surface area contributed by atoms with Crippen LogP contribution < -0.4 is 4.74 Å². The lowest BCUT2D eigenvalue weighted by molar-refractivity contribution is -0.141. The second-order valence-electron chi connectivity index (χ2n) is 4.31. The van der Waals surface area contributed by atoms with Gasteiger partial charge in [-0.25, -0.2) is 0 Å². The number of carbonyl (C=O) groups is 1. The standard InChI is InChI=1S/C14H20O4/c1-9-8-13(17-3)10(2)7-11(9)12(15)5-6-14(16)18-4/h7-8,12,15H,5-6H2,1-4H3. The molecule has 0 bridgehead atoms. The minimum Gasteiger partial charge on any atom is -0.496 e. The SMILES string of the molecule is COC(=O)CCC(O)c1cc(C)c(OC)cc1C. The van der Waals surface area contributed by atoms with Crippen LogP contribution in [0.4, 0.5) is 0 Å². The molecule has 4 nitrogen and oxygen atoms in total. The van der Waals surface area contributed by atoms with Crippen LogP contribution in [-0.4, -0.2) is 25.3 Å². The monoisotopic (exact) mass is 252 g/mol. The molecule has 0 heterocycles. The molecule has 0 radical (unpaired) electrons. The van der Waals surface area contributed by atoms with Gasteiger partial charge < -0.3 is 14.6 Å². The highest BCUT2D eigenvalue weighted by Gasteiger charge is 2.14. The fourth-order valence-electron chi connectivity index (χ4n) is 1.90. The minimum absolute atomic E-state index is 0.210. The van der Waals surface area contributed by atoms with Crippen LogP contribution in [0, 0.1) is 13.8 Å². The molecule has 1 unspecified atom stereocenters. The molecule has 0 amide bonds. The first-order valence-electron chi connectivity index (χ1n) is 5.89. The van der Waals surface area contributed by atoms with E-state index in [9.17, 15) is 9.90 Å². The third-order valence-corrected chi connectivity index (χ3v) is 2.99. The Labute approximate surface area is 108 Å². The maximum Gasteiger partial charge on any atom is 0.305 e. The molecule has 0 saturated carbocycles. The van der Waals surface area contributed by atoms with Gasteiger partial charge >= 0.3 is 5.97 Å². The van der Waals surface area contributed by atoms with E-state index in [0.717, 1.165) is 22.4 Å². The van der Waals surface area contributed by atoms with Crippen LogP contribution in [0.25, 0.3) is 0 Å². The average molecular weight is 252 g/mol. The van der Waals surface area contributed by atoms with Crippen LogP contribution >= 0.6 is 0 Å². The van der Waals surface area contributed by atoms with Crippen LogP contribution in [0.5, 0.6) is 5.75 Å². The maximum atomic E-state index is 11.0. The van der Waals surface area contributed by atoms with Crippen LogP contribution in [0.2, 0.25) is 0 Å². The van der Waals surface area contributed by atoms with Crippen molar-refractivity contribution in [2.45, 2.75) is 32.8 Å². The Balaban J connectivity index is 2.82. The third kappa shape index (κ3) is 3.47. The molecule has 0 saturated heterocycles. The fraction of sp³-hybridized carbons (Fsp3) is 0.500. The summed E-state index contributed by atoms with van der Waals surface area (Å²) >= 11 is 0. The summed E-state index contributed by atoms with van der Waals surface area (Å²) in [6, 6.07) is 3.79. The van der Waals surface area contributed by atoms with Gasteiger partial charge in [-0.15, -0.1) is 0 Å². The van der Waals surface area contributed by atoms with Crippen molar-refractivity contribution in [3.63, 3.8) is 0 Å². The first kappa shape index (κ1) is 14.5. The van der Waals surface area contributed by atoms with Crippen molar-refractivity contribution in [1.29, 1.82) is 0 Å². The van der Waals surface area contributed by atoms with E-state index in [-0.39, 0.29) is 12.4 Å². The van der Waals surface area contributed by atoms with Crippen molar-refractivity contribution in [3.05, 3.63) is 28.8 Å². The van der Waals surface area contributed by atoms with Gasteiger partial charge in [-0.3, -0.25) is 4.79 Å². The number of benzene rings is 1. The quantitative estimate of drug-likeness (QED) is 0.817. The summed E-state index contributed by atoms with van der Waals surface area (Å²) in [5, 5.41) is 10.1. The number of aliphatic hydroxyl groups excluding tert-OH is 1. The van der Waals surface area contributed by atoms with E-state index >= 15 is 0 Å². The van der Waals surface area contributed by atoms with E-state index in [4.69, 9.17) is 4.74 Å². The Morgan fingerprint density at radius 1 is 1.28 bits per heavy atom. The van der Waals surface area contributed by atoms with Gasteiger partial charge in [-0.1, -0.05) is 0 Å². The van der Waals surface area contributed by atoms with Gasteiger partial charge in [0.2, 0.25) is 0 Å². The van der Waals surface area contributed by atoms with Crippen molar-refractivity contribution < 1.29 is 19.4 Å². The molecule has 1 rings (SSSR count). The normalized spacial score (nSPS) is 12.1. The van der Waals surface area contributed by atoms with Gasteiger partial charge in [-0.05, 0) is 49.1 Å². The highest BCUT2D eigenvalue weighted by atomic mass is 16.5. The molecule has 1 aromatic rings. The van der Waals surface area contributed by atoms with Crippen LogP contribution in [-0.2, 0) is 9.53 Å². The summed E-state index contributed by atoms with van der Waals surface area (Å²) in [7, 11) is 2.96. The Hall–Kier alpha value is -1.55. The molecule has 0 aliphatic carbocycles. The van der Waals surface area contributed by atoms with E-state index < -0.39 is 6.10 Å². The van der Waals surface area contributed by atoms with Crippen LogP contribution in [0.3, 0.4) is 0 Å². The number of ether oxygens (including phenoxy) is 2. The lowest BCUT2D eigenvalue weighted by Gasteiger charge is -2.16. The predicted octanol–water partition coefficient (Wildman–Crippen LogP) is 2.30. The molecule has 1 atom stereocenters. The largest absolute Gasteiger partial charge is 0.496 e. The van der Waals surface area contributed by atoms with Gasteiger partial charge in [0.25, 0.3) is 0 Å². The molecule has 18 heavy (non-hydrogen) atoms. The highest BCUT2D eigenvalue weighted by molar-refractivity contribution is 5.69. The molecule has 0 fully saturated rings. The van der Waals surface area contributed by atoms with E-state index in [2.05, 4.69) is 4.74 Å². The zero-order chi connectivity index (χ0) is 13.7. The number of aliphatic hydroxyl groups is 1. The summed E-state index contributed by atoms with van der Waals surface area (Å²) in [4.78, 5) is 11.0. The number of hydrogen-bond acceptors (Lipinski definition) is 4. The van der Waals surface area contributed by atoms with Crippen molar-refractivity contribution in [2.24, 2.45) is 0 Å². The zero-order valence-electron chi connectivity index (χ0n) is 11.3. The second kappa shape index (κ2) is 6.40. The van der Waals surface area contributed by atoms with E-state index in [1.807, 2.05) is 26.0 Å². The Bertz CT molecular complexity index is 426. The van der Waals surface area contributed by atoms with Crippen molar-refractivity contribution in [3.8, 4) is 5.75 Å². The molecule has 1 aromatic carbocycles. The molecule has 0 aliphatic rings. The van der Waals surface area contributed by atoms with Crippen molar-refractivity contribution in [1.82, 2.24) is 0 Å². The topological polar surface area (TPSA) is 55.8 Å². The number of methoxy groups -OCH3 is 2. The summed E-state index contributed by atoms with van der Waals surface area (Å²) in [6.45, 7) is 3.84. The average Bonchev–Trinajstić information content (AvgIpc) is 2.37. The fourth-order valence-corrected chi connectivity index (χ4v) is 1.90. The van der Waals surface area contributed by atoms with Crippen molar-refractivity contribution >= 4 is 5.97 Å². The molecule has 4 heteroatoms. The summed E-state index contributed by atoms with van der Waals surface area (Å²) in [5.74, 6) is 0.494. The molecule has 100 valence electrons. The van der Waals surface area contributed by atoms with E-state index in [1.54, 1.807) is 7.11 Å². The van der Waals surface area contributed by atoms with E-state index in [0.29, 0.717) is 6.42 Å². The highest BCUT2D eigenvalue weighted by Crippen LogP contribution is 2.28. The number of esters is 1. The zero-order valence-corrected chi connectivity index (χ0v) is 11.3. The predicted molar refractivity (Wildman–Crippen MR) is 68.7 cm³/mol. The van der Waals surface area contributed by atoms with Gasteiger partial charge in [0.1, 0.15) is 5.75 Å². The molecule has 1 N–H and O–H groups in total. The number of aryl methyl sites for hydroxylation is 2. The lowest BCUT2D eigenvalue weighted by atomic mass is 9.97. The molecular weight excluding hydrogens is 232 g/mol. The first-order valence-corrected chi connectivity index (χ1v) is 5.89. The van der Waals surface area contributed by atoms with Crippen LogP contribution in [0.15, 0.2) is 12.1 Å². The number of rotatable bonds is 5. The molecule has 0 aliphatic heterocycles. The Morgan fingerprint density at radius 2 is 1.94 bits per heavy atom. The molecule has 0 spiro atoms. The maximum absolute atomic E-state index is 11.0. The van der Waals surface area contributed by atoms with Crippen LogP contribution in [0.1, 0.15) is 35.6 Å². The van der Waals surface area contributed by atoms with Gasteiger partial charge in [-0.2, -0.15) is 0 Å². The summed E-state index contributed by atoms with van der Waals surface area (Å²) in [5.41, 5.74) is 2.75. The summed E-state index contributed by atoms with van der Waals surface area (Å²) in [6.07, 6.45) is -0.0877. The Morgan fingerprint density at radius 3 is 2.50 bits per heavy atom. The lowest BCUT2D eigenvalue weighted by Crippen LogP contribution is -2.06. The number of hydrogen-bond donors (Lipinski definition) is 1. The number of carbonyl (C=O) groups excluding carboxylic acids is 1. The molecular formula is C14H20O4. The second-order valence-corrected chi connectivity index (χ2v) is 4.31. The van der Waals surface area contributed by atoms with Gasteiger partial charge in [0, 0.05) is 6.42 Å². The van der Waals surface area contributed by atoms with Gasteiger partial charge in [0.15, 0.2) is 0 Å². The van der Waals surface area contributed by atoms with Gasteiger partial charge in [0.05, 0.1) is 20.3 Å². The molecule has 0 aromatic heterocycles. The minimum atomic E-state index is -0.659. The smallest absolute Gasteiger partial charge is 0.305 e. The summed E-state index contributed by atoms with van der Waals surface area (Å²) < 4.78 is 9.78.